The highest BCUT2D eigenvalue weighted by Gasteiger charge is 2.34. The lowest BCUT2D eigenvalue weighted by molar-refractivity contribution is -0.137. The number of aryl methyl sites for hydroxylation is 2. The summed E-state index contributed by atoms with van der Waals surface area (Å²) in [5.41, 5.74) is 0.493. The second-order valence-corrected chi connectivity index (χ2v) is 8.00. The summed E-state index contributed by atoms with van der Waals surface area (Å²) in [5, 5.41) is 4.50. The molecule has 0 aliphatic rings. The van der Waals surface area contributed by atoms with Crippen molar-refractivity contribution < 1.29 is 22.8 Å². The Kier molecular flexibility index (Phi) is 6.53. The number of halogens is 5. The second kappa shape index (κ2) is 8.11. The van der Waals surface area contributed by atoms with E-state index < -0.39 is 29.2 Å². The summed E-state index contributed by atoms with van der Waals surface area (Å²) in [6.07, 6.45) is -4.65. The molecule has 0 bridgehead atoms. The van der Waals surface area contributed by atoms with Gasteiger partial charge in [0.1, 0.15) is 0 Å². The molecule has 26 heavy (non-hydrogen) atoms. The number of nitrogens with one attached hydrogen (secondary N) is 2. The summed E-state index contributed by atoms with van der Waals surface area (Å²) in [6, 6.07) is 7.08. The van der Waals surface area contributed by atoms with Crippen molar-refractivity contribution in [1.82, 2.24) is 0 Å². The van der Waals surface area contributed by atoms with Crippen LogP contribution in [0.25, 0.3) is 0 Å². The van der Waals surface area contributed by atoms with E-state index in [1.165, 1.54) is 6.07 Å². The fourth-order valence-electron chi connectivity index (χ4n) is 2.32. The van der Waals surface area contributed by atoms with Crippen LogP contribution < -0.4 is 10.6 Å². The smallest absolute Gasteiger partial charge is 0.317 e. The molecule has 0 aromatic heterocycles. The van der Waals surface area contributed by atoms with Gasteiger partial charge in [-0.25, -0.2) is 0 Å². The summed E-state index contributed by atoms with van der Waals surface area (Å²) in [6.45, 7) is 3.53. The number of amides is 2. The monoisotopic (exact) mass is 588 g/mol. The minimum absolute atomic E-state index is 0.363. The molecule has 138 valence electrons. The molecule has 0 aliphatic heterocycles. The van der Waals surface area contributed by atoms with Gasteiger partial charge in [-0.1, -0.05) is 0 Å². The lowest BCUT2D eigenvalue weighted by Gasteiger charge is -2.15. The van der Waals surface area contributed by atoms with Gasteiger partial charge >= 0.3 is 18.0 Å². The van der Waals surface area contributed by atoms with E-state index >= 15 is 0 Å². The van der Waals surface area contributed by atoms with Crippen molar-refractivity contribution >= 4 is 68.4 Å². The predicted molar refractivity (Wildman–Crippen MR) is 110 cm³/mol. The summed E-state index contributed by atoms with van der Waals surface area (Å²) < 4.78 is 40.7. The number of hydrogen-bond donors (Lipinski definition) is 2. The Labute approximate surface area is 175 Å². The molecule has 0 radical (unpaired) electrons. The molecule has 9 heteroatoms. The number of rotatable bonds is 2. The number of carbonyl (C=O) groups is 2. The molecule has 2 aromatic rings. The molecule has 0 atom stereocenters. The Balaban J connectivity index is 2.23. The third-order valence-electron chi connectivity index (χ3n) is 3.48. The lowest BCUT2D eigenvalue weighted by Crippen LogP contribution is -2.30. The third kappa shape index (κ3) is 5.09. The molecule has 0 unspecified atom stereocenters. The minimum Gasteiger partial charge on any atom is -0.317 e. The largest absolute Gasteiger partial charge is 0.418 e. The van der Waals surface area contributed by atoms with E-state index in [4.69, 9.17) is 0 Å². The zero-order valence-electron chi connectivity index (χ0n) is 13.6. The molecule has 0 heterocycles. The number of benzene rings is 2. The first-order chi connectivity index (χ1) is 12.0. The van der Waals surface area contributed by atoms with Gasteiger partial charge in [-0.2, -0.15) is 13.2 Å². The summed E-state index contributed by atoms with van der Waals surface area (Å²) in [5.74, 6) is -2.21. The molecule has 0 fully saturated rings. The zero-order chi connectivity index (χ0) is 19.6. The van der Waals surface area contributed by atoms with E-state index in [9.17, 15) is 22.8 Å². The van der Waals surface area contributed by atoms with Gasteiger partial charge in [-0.3, -0.25) is 9.59 Å². The molecule has 0 saturated carbocycles. The van der Waals surface area contributed by atoms with Crippen LogP contribution in [0.4, 0.5) is 24.5 Å². The molecule has 2 aromatic carbocycles. The number of alkyl halides is 3. The van der Waals surface area contributed by atoms with Gasteiger partial charge in [0.05, 0.1) is 11.3 Å². The van der Waals surface area contributed by atoms with Gasteiger partial charge in [-0.05, 0) is 100 Å². The standard InChI is InChI=1S/C17H13F3I2N2O2/c1-8-5-11(22)6-9(2)14(8)24-16(26)15(25)23-13-4-3-10(21)7-12(13)17(18,19)20/h3-7H,1-2H3,(H,23,25)(H,24,26). The number of carbonyl (C=O) groups excluding carboxylic acids is 2. The average molecular weight is 588 g/mol. The van der Waals surface area contributed by atoms with Crippen molar-refractivity contribution in [2.24, 2.45) is 0 Å². The van der Waals surface area contributed by atoms with Crippen molar-refractivity contribution in [2.75, 3.05) is 10.6 Å². The first-order valence-electron chi connectivity index (χ1n) is 7.25. The number of hydrogen-bond acceptors (Lipinski definition) is 2. The maximum absolute atomic E-state index is 13.1. The fourth-order valence-corrected chi connectivity index (χ4v) is 3.74. The molecule has 0 aliphatic carbocycles. The van der Waals surface area contributed by atoms with Gasteiger partial charge < -0.3 is 10.6 Å². The molecular weight excluding hydrogens is 575 g/mol. The lowest BCUT2D eigenvalue weighted by atomic mass is 10.1. The number of anilines is 2. The summed E-state index contributed by atoms with van der Waals surface area (Å²) in [4.78, 5) is 24.2. The molecule has 4 nitrogen and oxygen atoms in total. The van der Waals surface area contributed by atoms with Crippen LogP contribution in [0.15, 0.2) is 30.3 Å². The van der Waals surface area contributed by atoms with Crippen LogP contribution in [0.2, 0.25) is 0 Å². The van der Waals surface area contributed by atoms with Crippen LogP contribution in [0, 0.1) is 21.0 Å². The van der Waals surface area contributed by atoms with E-state index in [-0.39, 0.29) is 0 Å². The van der Waals surface area contributed by atoms with E-state index in [1.54, 1.807) is 36.4 Å². The Morgan fingerprint density at radius 2 is 1.42 bits per heavy atom. The molecule has 2 amide bonds. The maximum atomic E-state index is 13.1. The van der Waals surface area contributed by atoms with Crippen LogP contribution in [0.5, 0.6) is 0 Å². The van der Waals surface area contributed by atoms with E-state index in [2.05, 4.69) is 27.9 Å². The van der Waals surface area contributed by atoms with Crippen molar-refractivity contribution in [3.8, 4) is 0 Å². The molecule has 0 saturated heterocycles. The van der Waals surface area contributed by atoms with Crippen LogP contribution >= 0.6 is 45.2 Å². The second-order valence-electron chi connectivity index (χ2n) is 5.51. The predicted octanol–water partition coefficient (Wildman–Crippen LogP) is 5.11. The zero-order valence-corrected chi connectivity index (χ0v) is 17.9. The first kappa shape index (κ1) is 20.9. The van der Waals surface area contributed by atoms with Crippen molar-refractivity contribution in [1.29, 1.82) is 0 Å². The van der Waals surface area contributed by atoms with Gasteiger partial charge in [0.25, 0.3) is 0 Å². The minimum atomic E-state index is -4.65. The van der Waals surface area contributed by atoms with Crippen LogP contribution in [-0.2, 0) is 15.8 Å². The van der Waals surface area contributed by atoms with Gasteiger partial charge in [0, 0.05) is 12.8 Å². The highest BCUT2D eigenvalue weighted by molar-refractivity contribution is 14.1. The summed E-state index contributed by atoms with van der Waals surface area (Å²) >= 11 is 3.87. The van der Waals surface area contributed by atoms with Gasteiger partial charge in [0.2, 0.25) is 0 Å². The normalized spacial score (nSPS) is 11.2. The molecule has 2 rings (SSSR count). The Morgan fingerprint density at radius 1 is 0.885 bits per heavy atom. The summed E-state index contributed by atoms with van der Waals surface area (Å²) in [7, 11) is 0. The maximum Gasteiger partial charge on any atom is 0.418 e. The third-order valence-corrected chi connectivity index (χ3v) is 4.77. The van der Waals surface area contributed by atoms with Crippen molar-refractivity contribution in [3.63, 3.8) is 0 Å². The van der Waals surface area contributed by atoms with Crippen molar-refractivity contribution in [2.45, 2.75) is 20.0 Å². The first-order valence-corrected chi connectivity index (χ1v) is 9.40. The highest BCUT2D eigenvalue weighted by Crippen LogP contribution is 2.35. The van der Waals surface area contributed by atoms with Crippen LogP contribution in [0.1, 0.15) is 16.7 Å². The Morgan fingerprint density at radius 3 is 1.96 bits per heavy atom. The van der Waals surface area contributed by atoms with E-state index in [1.807, 2.05) is 17.4 Å². The van der Waals surface area contributed by atoms with Gasteiger partial charge in [-0.15, -0.1) is 0 Å². The Bertz CT molecular complexity index is 860. The SMILES string of the molecule is Cc1cc(I)cc(C)c1NC(=O)C(=O)Nc1ccc(I)cc1C(F)(F)F. The highest BCUT2D eigenvalue weighted by atomic mass is 127. The van der Waals surface area contributed by atoms with E-state index in [0.29, 0.717) is 9.26 Å². The van der Waals surface area contributed by atoms with Gasteiger partial charge in [0.15, 0.2) is 0 Å². The molecule has 0 spiro atoms. The topological polar surface area (TPSA) is 58.2 Å². The quantitative estimate of drug-likeness (QED) is 0.379. The van der Waals surface area contributed by atoms with E-state index in [0.717, 1.165) is 26.8 Å². The molecular formula is C17H13F3I2N2O2. The fraction of sp³-hybridized carbons (Fsp3) is 0.176. The Hall–Kier alpha value is -1.37. The van der Waals surface area contributed by atoms with Crippen molar-refractivity contribution in [3.05, 3.63) is 54.2 Å². The molecule has 2 N–H and O–H groups in total. The van der Waals surface area contributed by atoms with Crippen LogP contribution in [0.3, 0.4) is 0 Å². The van der Waals surface area contributed by atoms with Crippen LogP contribution in [-0.4, -0.2) is 11.8 Å². The average Bonchev–Trinajstić information content (AvgIpc) is 2.51.